The molecule has 2 aromatic carbocycles. The van der Waals surface area contributed by atoms with Crippen molar-refractivity contribution in [3.05, 3.63) is 58.6 Å². The molecule has 0 aromatic heterocycles. The number of hydrogen-bond donors (Lipinski definition) is 1. The number of halogens is 4. The number of para-hydroxylation sites is 1. The molecular weight excluding hydrogens is 319 g/mol. The molecule has 0 heterocycles. The summed E-state index contributed by atoms with van der Waals surface area (Å²) in [7, 11) is 1.41. The number of amides is 1. The van der Waals surface area contributed by atoms with E-state index in [-0.39, 0.29) is 16.3 Å². The van der Waals surface area contributed by atoms with E-state index < -0.39 is 17.6 Å². The van der Waals surface area contributed by atoms with Gasteiger partial charge in [0.25, 0.3) is 5.91 Å². The van der Waals surface area contributed by atoms with Gasteiger partial charge >= 0.3 is 6.18 Å². The van der Waals surface area contributed by atoms with Crippen molar-refractivity contribution in [2.24, 2.45) is 0 Å². The summed E-state index contributed by atoms with van der Waals surface area (Å²) in [6.45, 7) is 0. The predicted octanol–water partition coefficient (Wildman–Crippen LogP) is 4.62. The first-order chi connectivity index (χ1) is 10.3. The molecule has 1 N–H and O–H groups in total. The summed E-state index contributed by atoms with van der Waals surface area (Å²) >= 11 is 5.79. The third kappa shape index (κ3) is 3.51. The first-order valence-corrected chi connectivity index (χ1v) is 6.52. The van der Waals surface area contributed by atoms with Crippen LogP contribution in [0.4, 0.5) is 18.9 Å². The average Bonchev–Trinajstić information content (AvgIpc) is 2.48. The second-order valence-electron chi connectivity index (χ2n) is 4.35. The molecule has 2 aromatic rings. The molecule has 0 saturated heterocycles. The van der Waals surface area contributed by atoms with Crippen LogP contribution in [0.3, 0.4) is 0 Å². The number of carbonyl (C=O) groups excluding carboxylic acids is 1. The molecule has 0 spiro atoms. The van der Waals surface area contributed by atoms with E-state index in [0.29, 0.717) is 5.75 Å². The van der Waals surface area contributed by atoms with E-state index in [1.807, 2.05) is 0 Å². The first kappa shape index (κ1) is 16.2. The normalized spacial score (nSPS) is 11.1. The van der Waals surface area contributed by atoms with E-state index in [0.717, 1.165) is 18.2 Å². The molecule has 0 atom stereocenters. The molecule has 0 unspecified atom stereocenters. The summed E-state index contributed by atoms with van der Waals surface area (Å²) in [5, 5.41) is 2.27. The SMILES string of the molecule is COc1ccccc1C(=O)Nc1ccc(C(F)(F)F)cc1Cl. The average molecular weight is 330 g/mol. The smallest absolute Gasteiger partial charge is 0.416 e. The monoisotopic (exact) mass is 329 g/mol. The number of methoxy groups -OCH3 is 1. The molecule has 3 nitrogen and oxygen atoms in total. The fourth-order valence-electron chi connectivity index (χ4n) is 1.81. The molecule has 2 rings (SSSR count). The van der Waals surface area contributed by atoms with Gasteiger partial charge in [-0.15, -0.1) is 0 Å². The van der Waals surface area contributed by atoms with Gasteiger partial charge in [0.2, 0.25) is 0 Å². The van der Waals surface area contributed by atoms with Gasteiger partial charge in [-0.1, -0.05) is 23.7 Å². The molecule has 116 valence electrons. The Bertz CT molecular complexity index is 701. The standard InChI is InChI=1S/C15H11ClF3NO2/c1-22-13-5-3-2-4-10(13)14(21)20-12-7-6-9(8-11(12)16)15(17,18)19/h2-8H,1H3,(H,20,21). The van der Waals surface area contributed by atoms with Crippen LogP contribution >= 0.6 is 11.6 Å². The van der Waals surface area contributed by atoms with Gasteiger partial charge in [-0.2, -0.15) is 13.2 Å². The number of anilines is 1. The van der Waals surface area contributed by atoms with Crippen molar-refractivity contribution >= 4 is 23.2 Å². The van der Waals surface area contributed by atoms with Gasteiger partial charge < -0.3 is 10.1 Å². The van der Waals surface area contributed by atoms with Crippen LogP contribution in [-0.2, 0) is 6.18 Å². The van der Waals surface area contributed by atoms with Gasteiger partial charge in [0, 0.05) is 0 Å². The zero-order chi connectivity index (χ0) is 16.3. The number of hydrogen-bond acceptors (Lipinski definition) is 2. The third-order valence-corrected chi connectivity index (χ3v) is 3.21. The number of rotatable bonds is 3. The number of carbonyl (C=O) groups is 1. The van der Waals surface area contributed by atoms with Crippen molar-refractivity contribution in [1.82, 2.24) is 0 Å². The zero-order valence-corrected chi connectivity index (χ0v) is 12.1. The van der Waals surface area contributed by atoms with Crippen LogP contribution in [0.5, 0.6) is 5.75 Å². The van der Waals surface area contributed by atoms with Crippen molar-refractivity contribution in [2.75, 3.05) is 12.4 Å². The highest BCUT2D eigenvalue weighted by Crippen LogP contribution is 2.34. The van der Waals surface area contributed by atoms with E-state index >= 15 is 0 Å². The number of nitrogens with one attached hydrogen (secondary N) is 1. The lowest BCUT2D eigenvalue weighted by Crippen LogP contribution is -2.14. The molecule has 0 aliphatic carbocycles. The molecule has 0 radical (unpaired) electrons. The van der Waals surface area contributed by atoms with Crippen molar-refractivity contribution in [2.45, 2.75) is 6.18 Å². The molecule has 0 aliphatic rings. The molecule has 22 heavy (non-hydrogen) atoms. The summed E-state index contributed by atoms with van der Waals surface area (Å²) in [6, 6.07) is 9.20. The highest BCUT2D eigenvalue weighted by molar-refractivity contribution is 6.34. The number of benzene rings is 2. The summed E-state index contributed by atoms with van der Waals surface area (Å²) < 4.78 is 42.7. The second-order valence-corrected chi connectivity index (χ2v) is 4.75. The first-order valence-electron chi connectivity index (χ1n) is 6.14. The van der Waals surface area contributed by atoms with Crippen LogP contribution in [0.2, 0.25) is 5.02 Å². The topological polar surface area (TPSA) is 38.3 Å². The summed E-state index contributed by atoms with van der Waals surface area (Å²) in [5.74, 6) is -0.179. The quantitative estimate of drug-likeness (QED) is 0.892. The van der Waals surface area contributed by atoms with E-state index in [1.165, 1.54) is 13.2 Å². The van der Waals surface area contributed by atoms with Crippen molar-refractivity contribution in [3.63, 3.8) is 0 Å². The summed E-state index contributed by atoms with van der Waals surface area (Å²) in [4.78, 5) is 12.2. The van der Waals surface area contributed by atoms with Gasteiger partial charge in [-0.3, -0.25) is 4.79 Å². The molecular formula is C15H11ClF3NO2. The van der Waals surface area contributed by atoms with Crippen LogP contribution < -0.4 is 10.1 Å². The minimum Gasteiger partial charge on any atom is -0.496 e. The van der Waals surface area contributed by atoms with Crippen LogP contribution in [0.1, 0.15) is 15.9 Å². The van der Waals surface area contributed by atoms with Crippen molar-refractivity contribution < 1.29 is 22.7 Å². The van der Waals surface area contributed by atoms with E-state index in [9.17, 15) is 18.0 Å². The lowest BCUT2D eigenvalue weighted by Gasteiger charge is -2.12. The molecule has 7 heteroatoms. The van der Waals surface area contributed by atoms with Gasteiger partial charge in [-0.05, 0) is 30.3 Å². The van der Waals surface area contributed by atoms with Crippen LogP contribution in [0.15, 0.2) is 42.5 Å². The summed E-state index contributed by atoms with van der Waals surface area (Å²) in [6.07, 6.45) is -4.49. The Balaban J connectivity index is 2.26. The summed E-state index contributed by atoms with van der Waals surface area (Å²) in [5.41, 5.74) is -0.542. The van der Waals surface area contributed by atoms with Crippen molar-refractivity contribution in [1.29, 1.82) is 0 Å². The largest absolute Gasteiger partial charge is 0.496 e. The maximum atomic E-state index is 12.6. The third-order valence-electron chi connectivity index (χ3n) is 2.90. The molecule has 1 amide bonds. The minimum atomic E-state index is -4.49. The van der Waals surface area contributed by atoms with Gasteiger partial charge in [0.1, 0.15) is 5.75 Å². The highest BCUT2D eigenvalue weighted by Gasteiger charge is 2.31. The van der Waals surface area contributed by atoms with Gasteiger partial charge in [0.05, 0.1) is 28.9 Å². The molecule has 0 saturated carbocycles. The second kappa shape index (κ2) is 6.27. The molecule has 0 bridgehead atoms. The van der Waals surface area contributed by atoms with Crippen molar-refractivity contribution in [3.8, 4) is 5.75 Å². The Hall–Kier alpha value is -2.21. The van der Waals surface area contributed by atoms with Gasteiger partial charge in [-0.25, -0.2) is 0 Å². The van der Waals surface area contributed by atoms with Crippen LogP contribution in [-0.4, -0.2) is 13.0 Å². The Morgan fingerprint density at radius 3 is 2.45 bits per heavy atom. The van der Waals surface area contributed by atoms with E-state index in [2.05, 4.69) is 5.32 Å². The predicted molar refractivity (Wildman–Crippen MR) is 77.4 cm³/mol. The highest BCUT2D eigenvalue weighted by atomic mass is 35.5. The maximum Gasteiger partial charge on any atom is 0.416 e. The Morgan fingerprint density at radius 1 is 1.18 bits per heavy atom. The van der Waals surface area contributed by atoms with Gasteiger partial charge in [0.15, 0.2) is 0 Å². The lowest BCUT2D eigenvalue weighted by atomic mass is 10.1. The number of alkyl halides is 3. The van der Waals surface area contributed by atoms with Crippen LogP contribution in [0.25, 0.3) is 0 Å². The Kier molecular flexibility index (Phi) is 4.61. The van der Waals surface area contributed by atoms with E-state index in [4.69, 9.17) is 16.3 Å². The van der Waals surface area contributed by atoms with Crippen LogP contribution in [0, 0.1) is 0 Å². The minimum absolute atomic E-state index is 0.0885. The maximum absolute atomic E-state index is 12.6. The fraction of sp³-hybridized carbons (Fsp3) is 0.133. The molecule has 0 aliphatic heterocycles. The fourth-order valence-corrected chi connectivity index (χ4v) is 2.04. The lowest BCUT2D eigenvalue weighted by molar-refractivity contribution is -0.137. The van der Waals surface area contributed by atoms with E-state index in [1.54, 1.807) is 18.2 Å². The number of ether oxygens (including phenoxy) is 1. The molecule has 0 fully saturated rings. The Labute approximate surface area is 129 Å². The Morgan fingerprint density at radius 2 is 1.86 bits per heavy atom. The zero-order valence-electron chi connectivity index (χ0n) is 11.4.